The Labute approximate surface area is 164 Å². The molecule has 2 aromatic rings. The molecule has 1 aromatic heterocycles. The number of aromatic nitrogens is 2. The third kappa shape index (κ3) is 3.46. The van der Waals surface area contributed by atoms with Crippen molar-refractivity contribution in [2.75, 3.05) is 44.4 Å². The second kappa shape index (κ2) is 6.76. The second-order valence-electron chi connectivity index (χ2n) is 7.64. The Bertz CT molecular complexity index is 973. The highest BCUT2D eigenvalue weighted by atomic mass is 35.5. The molecule has 1 aromatic carbocycles. The Kier molecular flexibility index (Phi) is 4.68. The highest BCUT2D eigenvalue weighted by molar-refractivity contribution is 7.89. The van der Waals surface area contributed by atoms with Crippen LogP contribution in [0.15, 0.2) is 18.3 Å². The molecule has 2 aliphatic rings. The fourth-order valence-electron chi connectivity index (χ4n) is 4.28. The molecule has 3 heterocycles. The van der Waals surface area contributed by atoms with Gasteiger partial charge in [-0.05, 0) is 30.7 Å². The summed E-state index contributed by atoms with van der Waals surface area (Å²) in [6.45, 7) is 3.33. The Balaban J connectivity index is 1.56. The first-order valence-corrected chi connectivity index (χ1v) is 11.3. The van der Waals surface area contributed by atoms with E-state index in [0.717, 1.165) is 62.0 Å². The maximum atomic E-state index is 12.1. The van der Waals surface area contributed by atoms with Crippen LogP contribution in [0.25, 0.3) is 10.9 Å². The van der Waals surface area contributed by atoms with E-state index >= 15 is 0 Å². The summed E-state index contributed by atoms with van der Waals surface area (Å²) >= 11 is 6.33. The summed E-state index contributed by atoms with van der Waals surface area (Å²) in [5.74, 6) is 0.595. The quantitative estimate of drug-likeness (QED) is 0.841. The van der Waals surface area contributed by atoms with Gasteiger partial charge >= 0.3 is 0 Å². The third-order valence-corrected chi connectivity index (χ3v) is 7.54. The van der Waals surface area contributed by atoms with Crippen molar-refractivity contribution in [3.8, 4) is 5.75 Å². The highest BCUT2D eigenvalue weighted by Gasteiger charge is 2.42. The van der Waals surface area contributed by atoms with Gasteiger partial charge in [0.05, 0.1) is 29.5 Å². The number of nitrogens with zero attached hydrogens (tertiary/aromatic N) is 4. The summed E-state index contributed by atoms with van der Waals surface area (Å²) in [6, 6.07) is 3.72. The number of halogens is 1. The van der Waals surface area contributed by atoms with E-state index in [1.54, 1.807) is 13.3 Å². The van der Waals surface area contributed by atoms with Crippen molar-refractivity contribution in [3.63, 3.8) is 0 Å². The van der Waals surface area contributed by atoms with Crippen LogP contribution >= 0.6 is 11.6 Å². The lowest BCUT2D eigenvalue weighted by Gasteiger charge is -2.40. The highest BCUT2D eigenvalue weighted by Crippen LogP contribution is 2.43. The molecule has 2 saturated heterocycles. The lowest BCUT2D eigenvalue weighted by Crippen LogP contribution is -2.42. The molecule has 1 atom stereocenters. The molecule has 0 amide bonds. The average Bonchev–Trinajstić information content (AvgIpc) is 3.06. The van der Waals surface area contributed by atoms with E-state index < -0.39 is 9.92 Å². The van der Waals surface area contributed by atoms with Crippen LogP contribution in [0.4, 0.5) is 5.69 Å². The summed E-state index contributed by atoms with van der Waals surface area (Å²) in [6.07, 6.45) is 6.38. The van der Waals surface area contributed by atoms with Gasteiger partial charge in [0.2, 0.25) is 0 Å². The number of hydrogen-bond donors (Lipinski definition) is 1. The van der Waals surface area contributed by atoms with E-state index in [1.807, 2.05) is 16.4 Å². The summed E-state index contributed by atoms with van der Waals surface area (Å²) in [5.41, 5.74) is 1.97. The van der Waals surface area contributed by atoms with Gasteiger partial charge in [0, 0.05) is 43.9 Å². The molecule has 27 heavy (non-hydrogen) atoms. The first-order chi connectivity index (χ1) is 12.8. The number of piperidine rings is 1. The molecule has 0 unspecified atom stereocenters. The van der Waals surface area contributed by atoms with E-state index in [9.17, 15) is 4.21 Å². The van der Waals surface area contributed by atoms with Crippen molar-refractivity contribution in [2.45, 2.75) is 19.3 Å². The minimum absolute atomic E-state index is 0.174. The number of rotatable bonds is 3. The van der Waals surface area contributed by atoms with E-state index in [4.69, 9.17) is 21.1 Å². The van der Waals surface area contributed by atoms with E-state index in [0.29, 0.717) is 10.8 Å². The lowest BCUT2D eigenvalue weighted by atomic mass is 9.77. The maximum absolute atomic E-state index is 12.1. The van der Waals surface area contributed by atoms with Gasteiger partial charge in [-0.3, -0.25) is 0 Å². The number of nitrogens with one attached hydrogen (secondary N) is 1. The van der Waals surface area contributed by atoms with Crippen LogP contribution in [-0.4, -0.2) is 58.3 Å². The molecular weight excluding hydrogens is 386 g/mol. The zero-order valence-electron chi connectivity index (χ0n) is 15.6. The number of anilines is 1. The molecule has 7 nitrogen and oxygen atoms in total. The normalized spacial score (nSPS) is 22.3. The number of hydrogen-bond acceptors (Lipinski definition) is 6. The van der Waals surface area contributed by atoms with Crippen LogP contribution in [0.3, 0.4) is 0 Å². The van der Waals surface area contributed by atoms with E-state index in [2.05, 4.69) is 15.1 Å². The van der Waals surface area contributed by atoms with Crippen molar-refractivity contribution in [1.29, 1.82) is 4.78 Å². The monoisotopic (exact) mass is 409 g/mol. The van der Waals surface area contributed by atoms with Gasteiger partial charge in [-0.25, -0.2) is 13.3 Å². The minimum Gasteiger partial charge on any atom is -0.495 e. The molecular formula is C18H24ClN5O2S. The summed E-state index contributed by atoms with van der Waals surface area (Å²) < 4.78 is 27.1. The van der Waals surface area contributed by atoms with Crippen LogP contribution in [0.5, 0.6) is 5.75 Å². The Hall–Kier alpha value is -1.64. The molecule has 146 valence electrons. The smallest absolute Gasteiger partial charge is 0.139 e. The van der Waals surface area contributed by atoms with Crippen LogP contribution in [0.1, 0.15) is 19.3 Å². The van der Waals surface area contributed by atoms with Crippen LogP contribution < -0.4 is 9.64 Å². The molecule has 0 radical (unpaired) electrons. The number of methoxy groups -OCH3 is 1. The van der Waals surface area contributed by atoms with Crippen molar-refractivity contribution in [3.05, 3.63) is 23.4 Å². The van der Waals surface area contributed by atoms with Crippen molar-refractivity contribution in [1.82, 2.24) is 14.5 Å². The predicted octanol–water partition coefficient (Wildman–Crippen LogP) is 3.18. The summed E-state index contributed by atoms with van der Waals surface area (Å²) in [7, 11) is -1.02. The van der Waals surface area contributed by atoms with Crippen molar-refractivity contribution < 1.29 is 8.95 Å². The zero-order valence-corrected chi connectivity index (χ0v) is 17.1. The molecule has 4 rings (SSSR count). The van der Waals surface area contributed by atoms with Gasteiger partial charge < -0.3 is 9.64 Å². The molecule has 2 aliphatic heterocycles. The Morgan fingerprint density at radius 3 is 2.59 bits per heavy atom. The minimum atomic E-state index is -2.61. The largest absolute Gasteiger partial charge is 0.495 e. The number of fused-ring (bicyclic) bond motifs is 1. The molecule has 2 fully saturated rings. The summed E-state index contributed by atoms with van der Waals surface area (Å²) in [5, 5.41) is 9.92. The van der Waals surface area contributed by atoms with Gasteiger partial charge in [0.15, 0.2) is 0 Å². The molecule has 1 spiro atoms. The third-order valence-electron chi connectivity index (χ3n) is 5.95. The van der Waals surface area contributed by atoms with E-state index in [-0.39, 0.29) is 5.41 Å². The van der Waals surface area contributed by atoms with Gasteiger partial charge in [-0.1, -0.05) is 11.6 Å². The van der Waals surface area contributed by atoms with Gasteiger partial charge in [0.1, 0.15) is 15.7 Å². The van der Waals surface area contributed by atoms with Gasteiger partial charge in [0.25, 0.3) is 0 Å². The zero-order chi connectivity index (χ0) is 19.2. The molecule has 0 saturated carbocycles. The Morgan fingerprint density at radius 2 is 1.96 bits per heavy atom. The molecule has 0 bridgehead atoms. The fourth-order valence-corrected chi connectivity index (χ4v) is 5.48. The van der Waals surface area contributed by atoms with Crippen LogP contribution in [0.2, 0.25) is 5.02 Å². The lowest BCUT2D eigenvalue weighted by molar-refractivity contribution is 0.236. The van der Waals surface area contributed by atoms with Crippen molar-refractivity contribution >= 4 is 38.1 Å². The second-order valence-corrected chi connectivity index (χ2v) is 10.2. The van der Waals surface area contributed by atoms with Crippen molar-refractivity contribution in [2.24, 2.45) is 5.41 Å². The topological polar surface area (TPSA) is 82.4 Å². The predicted molar refractivity (Wildman–Crippen MR) is 108 cm³/mol. The molecule has 0 aliphatic carbocycles. The van der Waals surface area contributed by atoms with Crippen LogP contribution in [0, 0.1) is 10.2 Å². The van der Waals surface area contributed by atoms with Gasteiger partial charge in [-0.15, -0.1) is 0 Å². The average molecular weight is 410 g/mol. The fraction of sp³-hybridized carbons (Fsp3) is 0.556. The van der Waals surface area contributed by atoms with E-state index in [1.165, 1.54) is 6.26 Å². The van der Waals surface area contributed by atoms with Crippen LogP contribution in [-0.2, 0) is 9.92 Å². The van der Waals surface area contributed by atoms with Gasteiger partial charge in [-0.2, -0.15) is 10.2 Å². The molecule has 1 N–H and O–H groups in total. The SMILES string of the molecule is COc1cc2nncc(N3CCC4(CC3)CCN([S@@](C)(=N)=O)C4)c2cc1Cl. The first kappa shape index (κ1) is 18.7. The maximum Gasteiger partial charge on any atom is 0.139 e. The molecule has 9 heteroatoms. The number of benzene rings is 1. The summed E-state index contributed by atoms with van der Waals surface area (Å²) in [4.78, 5) is 2.33. The Morgan fingerprint density at radius 1 is 1.26 bits per heavy atom. The standard InChI is InChI=1S/C18H24ClN5O2S/c1-26-17-10-15-13(9-14(17)19)16(11-21-22-15)23-6-3-18(4-7-23)5-8-24(12-18)27(2,20)25/h9-11,20H,3-8,12H2,1-2H3/t27-/m1/s1. The first-order valence-electron chi connectivity index (χ1n) is 9.04. The number of ether oxygens (including phenoxy) is 1.